The molecule has 1 N–H and O–H groups in total. The van der Waals surface area contributed by atoms with Gasteiger partial charge in [-0.25, -0.2) is 5.43 Å². The van der Waals surface area contributed by atoms with E-state index >= 15 is 0 Å². The molecule has 0 saturated heterocycles. The molecule has 0 fully saturated rings. The number of nitrogens with zero attached hydrogens (tertiary/aromatic N) is 1. The third-order valence-corrected chi connectivity index (χ3v) is 3.52. The summed E-state index contributed by atoms with van der Waals surface area (Å²) in [5.41, 5.74) is 5.10. The molecule has 0 spiro atoms. The van der Waals surface area contributed by atoms with Gasteiger partial charge in [-0.15, -0.1) is 0 Å². The van der Waals surface area contributed by atoms with Gasteiger partial charge < -0.3 is 0 Å². The summed E-state index contributed by atoms with van der Waals surface area (Å²) in [6.45, 7) is 2.13. The highest BCUT2D eigenvalue weighted by atomic mass is 35.5. The van der Waals surface area contributed by atoms with Gasteiger partial charge in [0, 0.05) is 10.6 Å². The monoisotopic (exact) mass is 314 g/mol. The van der Waals surface area contributed by atoms with E-state index in [-0.39, 0.29) is 5.91 Å². The van der Waals surface area contributed by atoms with Crippen molar-refractivity contribution in [3.63, 3.8) is 0 Å². The predicted molar refractivity (Wildman–Crippen MR) is 91.4 cm³/mol. The van der Waals surface area contributed by atoms with Crippen LogP contribution in [0.1, 0.15) is 42.1 Å². The first kappa shape index (κ1) is 16.2. The molecule has 0 radical (unpaired) electrons. The second-order valence-electron chi connectivity index (χ2n) is 4.98. The summed E-state index contributed by atoms with van der Waals surface area (Å²) >= 11 is 5.82. The Morgan fingerprint density at radius 1 is 1.05 bits per heavy atom. The zero-order chi connectivity index (χ0) is 15.8. The van der Waals surface area contributed by atoms with Gasteiger partial charge in [0.1, 0.15) is 0 Å². The van der Waals surface area contributed by atoms with Crippen LogP contribution in [0.2, 0.25) is 5.02 Å². The maximum Gasteiger partial charge on any atom is 0.271 e. The van der Waals surface area contributed by atoms with Crippen molar-refractivity contribution in [1.82, 2.24) is 5.43 Å². The van der Waals surface area contributed by atoms with Gasteiger partial charge in [-0.1, -0.05) is 55.3 Å². The van der Waals surface area contributed by atoms with Gasteiger partial charge in [0.25, 0.3) is 5.91 Å². The van der Waals surface area contributed by atoms with Crippen molar-refractivity contribution in [3.05, 3.63) is 70.7 Å². The molecule has 0 aromatic heterocycles. The Balaban J connectivity index is 2.12. The fraction of sp³-hybridized carbons (Fsp3) is 0.222. The number of carbonyl (C=O) groups excluding carboxylic acids is 1. The predicted octanol–water partition coefficient (Wildman–Crippen LogP) is 4.66. The number of amides is 1. The molecule has 0 aliphatic carbocycles. The Morgan fingerprint density at radius 3 is 2.36 bits per heavy atom. The van der Waals surface area contributed by atoms with E-state index in [4.69, 9.17) is 11.6 Å². The van der Waals surface area contributed by atoms with E-state index in [1.54, 1.807) is 24.3 Å². The number of benzene rings is 2. The average Bonchev–Trinajstić information content (AvgIpc) is 2.56. The largest absolute Gasteiger partial charge is 0.271 e. The minimum absolute atomic E-state index is 0.235. The summed E-state index contributed by atoms with van der Waals surface area (Å²) in [7, 11) is 0. The van der Waals surface area contributed by atoms with Crippen LogP contribution in [0.3, 0.4) is 0 Å². The second kappa shape index (κ2) is 8.35. The van der Waals surface area contributed by atoms with Crippen LogP contribution in [0, 0.1) is 0 Å². The zero-order valence-electron chi connectivity index (χ0n) is 12.6. The molecule has 0 saturated carbocycles. The molecule has 2 aromatic carbocycles. The van der Waals surface area contributed by atoms with E-state index < -0.39 is 0 Å². The summed E-state index contributed by atoms with van der Waals surface area (Å²) in [4.78, 5) is 12.1. The van der Waals surface area contributed by atoms with E-state index in [2.05, 4.69) is 17.5 Å². The first-order valence-corrected chi connectivity index (χ1v) is 7.76. The minimum Gasteiger partial charge on any atom is -0.267 e. The summed E-state index contributed by atoms with van der Waals surface area (Å²) in [6.07, 6.45) is 2.95. The van der Waals surface area contributed by atoms with Crippen LogP contribution in [-0.4, -0.2) is 11.6 Å². The van der Waals surface area contributed by atoms with E-state index in [1.807, 2.05) is 30.3 Å². The molecule has 0 heterocycles. The molecule has 0 bridgehead atoms. The molecular formula is C18H19ClN2O. The number of carbonyl (C=O) groups is 1. The number of hydrogen-bond donors (Lipinski definition) is 1. The molecule has 2 aromatic rings. The van der Waals surface area contributed by atoms with Crippen molar-refractivity contribution >= 4 is 23.2 Å². The zero-order valence-corrected chi connectivity index (χ0v) is 13.3. The summed E-state index contributed by atoms with van der Waals surface area (Å²) in [6, 6.07) is 16.7. The Bertz CT molecular complexity index is 636. The van der Waals surface area contributed by atoms with Gasteiger partial charge >= 0.3 is 0 Å². The number of rotatable bonds is 6. The average molecular weight is 315 g/mol. The van der Waals surface area contributed by atoms with E-state index in [0.29, 0.717) is 10.6 Å². The maximum atomic E-state index is 12.1. The van der Waals surface area contributed by atoms with Gasteiger partial charge in [-0.05, 0) is 42.7 Å². The molecule has 0 unspecified atom stereocenters. The van der Waals surface area contributed by atoms with Crippen LogP contribution in [0.5, 0.6) is 0 Å². The van der Waals surface area contributed by atoms with Gasteiger partial charge in [-0.3, -0.25) is 4.79 Å². The topological polar surface area (TPSA) is 41.5 Å². The van der Waals surface area contributed by atoms with Crippen LogP contribution < -0.4 is 5.43 Å². The molecule has 22 heavy (non-hydrogen) atoms. The molecular weight excluding hydrogens is 296 g/mol. The summed E-state index contributed by atoms with van der Waals surface area (Å²) in [5, 5.41) is 4.92. The Kier molecular flexibility index (Phi) is 6.16. The van der Waals surface area contributed by atoms with Crippen molar-refractivity contribution in [2.45, 2.75) is 26.2 Å². The third kappa shape index (κ3) is 4.71. The molecule has 114 valence electrons. The van der Waals surface area contributed by atoms with Crippen LogP contribution >= 0.6 is 11.6 Å². The first-order chi connectivity index (χ1) is 10.7. The van der Waals surface area contributed by atoms with Crippen LogP contribution in [-0.2, 0) is 0 Å². The van der Waals surface area contributed by atoms with Crippen LogP contribution in [0.4, 0.5) is 0 Å². The fourth-order valence-corrected chi connectivity index (χ4v) is 2.15. The van der Waals surface area contributed by atoms with Crippen LogP contribution in [0.15, 0.2) is 59.7 Å². The van der Waals surface area contributed by atoms with E-state index in [9.17, 15) is 4.79 Å². The molecule has 4 heteroatoms. The van der Waals surface area contributed by atoms with Crippen molar-refractivity contribution in [1.29, 1.82) is 0 Å². The minimum atomic E-state index is -0.235. The lowest BCUT2D eigenvalue weighted by atomic mass is 10.1. The number of hydrazone groups is 1. The standard InChI is InChI=1S/C18H19ClN2O/c1-2-3-9-17(14-7-5-4-6-8-14)20-21-18(22)15-10-12-16(19)13-11-15/h4-8,10-13H,2-3,9H2,1H3,(H,21,22)/b20-17+. The highest BCUT2D eigenvalue weighted by molar-refractivity contribution is 6.30. The molecule has 1 amide bonds. The third-order valence-electron chi connectivity index (χ3n) is 3.27. The first-order valence-electron chi connectivity index (χ1n) is 7.38. The number of unbranched alkanes of at least 4 members (excludes halogenated alkanes) is 1. The lowest BCUT2D eigenvalue weighted by Gasteiger charge is -2.07. The lowest BCUT2D eigenvalue weighted by molar-refractivity contribution is 0.0955. The van der Waals surface area contributed by atoms with E-state index in [0.717, 1.165) is 30.5 Å². The van der Waals surface area contributed by atoms with Crippen molar-refractivity contribution in [2.75, 3.05) is 0 Å². The van der Waals surface area contributed by atoms with Gasteiger partial charge in [-0.2, -0.15) is 5.10 Å². The van der Waals surface area contributed by atoms with Gasteiger partial charge in [0.2, 0.25) is 0 Å². The Morgan fingerprint density at radius 2 is 1.73 bits per heavy atom. The smallest absolute Gasteiger partial charge is 0.267 e. The summed E-state index contributed by atoms with van der Waals surface area (Å²) < 4.78 is 0. The second-order valence-corrected chi connectivity index (χ2v) is 5.41. The molecule has 0 aliphatic rings. The van der Waals surface area contributed by atoms with Crippen molar-refractivity contribution in [3.8, 4) is 0 Å². The molecule has 2 rings (SSSR count). The summed E-state index contributed by atoms with van der Waals surface area (Å²) in [5.74, 6) is -0.235. The van der Waals surface area contributed by atoms with Crippen molar-refractivity contribution in [2.24, 2.45) is 5.10 Å². The van der Waals surface area contributed by atoms with Crippen LogP contribution in [0.25, 0.3) is 0 Å². The van der Waals surface area contributed by atoms with Crippen molar-refractivity contribution < 1.29 is 4.79 Å². The Labute approximate surface area is 136 Å². The molecule has 0 aliphatic heterocycles. The van der Waals surface area contributed by atoms with E-state index in [1.165, 1.54) is 0 Å². The number of halogens is 1. The molecule has 3 nitrogen and oxygen atoms in total. The van der Waals surface area contributed by atoms with Gasteiger partial charge in [0.05, 0.1) is 5.71 Å². The highest BCUT2D eigenvalue weighted by Gasteiger charge is 2.07. The quantitative estimate of drug-likeness (QED) is 0.611. The molecule has 0 atom stereocenters. The number of nitrogens with one attached hydrogen (secondary N) is 1. The highest BCUT2D eigenvalue weighted by Crippen LogP contribution is 2.10. The normalized spacial score (nSPS) is 11.3. The SMILES string of the molecule is CCCC/C(=N\NC(=O)c1ccc(Cl)cc1)c1ccccc1. The lowest BCUT2D eigenvalue weighted by Crippen LogP contribution is -2.20. The fourth-order valence-electron chi connectivity index (χ4n) is 2.02. The number of hydrogen-bond acceptors (Lipinski definition) is 2. The Hall–Kier alpha value is -2.13. The maximum absolute atomic E-state index is 12.1. The van der Waals surface area contributed by atoms with Gasteiger partial charge in [0.15, 0.2) is 0 Å².